The number of rotatable bonds is 3. The number of aromatic nitrogens is 1. The smallest absolute Gasteiger partial charge is 0.337 e. The summed E-state index contributed by atoms with van der Waals surface area (Å²) in [6, 6.07) is 6.67. The number of carboxylic acids is 1. The first-order chi connectivity index (χ1) is 8.56. The van der Waals surface area contributed by atoms with Gasteiger partial charge in [-0.25, -0.2) is 4.79 Å². The second-order valence-electron chi connectivity index (χ2n) is 3.98. The van der Waals surface area contributed by atoms with Crippen molar-refractivity contribution in [2.45, 2.75) is 6.92 Å². The quantitative estimate of drug-likeness (QED) is 0.720. The Balaban J connectivity index is 2.25. The maximum atomic E-state index is 10.8. The number of carbonyl (C=O) groups is 1. The highest BCUT2D eigenvalue weighted by Gasteiger charge is 2.07. The van der Waals surface area contributed by atoms with Crippen molar-refractivity contribution in [3.05, 3.63) is 47.8 Å². The van der Waals surface area contributed by atoms with Crippen molar-refractivity contribution in [3.8, 4) is 0 Å². The number of nitrogen functional groups attached to an aromatic ring is 1. The van der Waals surface area contributed by atoms with Crippen molar-refractivity contribution in [1.29, 1.82) is 0 Å². The van der Waals surface area contributed by atoms with Gasteiger partial charge in [0.25, 0.3) is 0 Å². The predicted octanol–water partition coefficient (Wildman–Crippen LogP) is 2.41. The van der Waals surface area contributed by atoms with E-state index < -0.39 is 5.97 Å². The van der Waals surface area contributed by atoms with E-state index in [0.717, 1.165) is 16.9 Å². The number of nitrogens with two attached hydrogens (primary N) is 1. The van der Waals surface area contributed by atoms with E-state index in [2.05, 4.69) is 10.3 Å². The first kappa shape index (κ1) is 11.9. The molecule has 0 aliphatic rings. The van der Waals surface area contributed by atoms with Gasteiger partial charge in [-0.2, -0.15) is 0 Å². The van der Waals surface area contributed by atoms with Crippen molar-refractivity contribution in [3.63, 3.8) is 0 Å². The third kappa shape index (κ3) is 2.57. The second kappa shape index (κ2) is 4.75. The van der Waals surface area contributed by atoms with Crippen LogP contribution in [0.5, 0.6) is 0 Å². The summed E-state index contributed by atoms with van der Waals surface area (Å²) in [6.07, 6.45) is 3.45. The van der Waals surface area contributed by atoms with E-state index in [-0.39, 0.29) is 11.3 Å². The SMILES string of the molecule is Cc1cncc(Nc2ccc(C(=O)O)c(N)c2)c1. The van der Waals surface area contributed by atoms with Gasteiger partial charge in [-0.05, 0) is 36.8 Å². The van der Waals surface area contributed by atoms with Crippen LogP contribution >= 0.6 is 0 Å². The van der Waals surface area contributed by atoms with Crippen LogP contribution in [0.15, 0.2) is 36.7 Å². The Kier molecular flexibility index (Phi) is 3.14. The first-order valence-corrected chi connectivity index (χ1v) is 5.38. The number of anilines is 3. The average Bonchev–Trinajstić information content (AvgIpc) is 2.28. The summed E-state index contributed by atoms with van der Waals surface area (Å²) < 4.78 is 0. The molecule has 0 aliphatic carbocycles. The number of hydrogen-bond donors (Lipinski definition) is 3. The number of aromatic carboxylic acids is 1. The zero-order valence-corrected chi connectivity index (χ0v) is 9.84. The molecule has 92 valence electrons. The minimum Gasteiger partial charge on any atom is -0.478 e. The van der Waals surface area contributed by atoms with Gasteiger partial charge in [-0.1, -0.05) is 0 Å². The molecule has 0 aliphatic heterocycles. The number of nitrogens with one attached hydrogen (secondary N) is 1. The van der Waals surface area contributed by atoms with Gasteiger partial charge in [-0.15, -0.1) is 0 Å². The Morgan fingerprint density at radius 3 is 2.67 bits per heavy atom. The molecule has 0 atom stereocenters. The van der Waals surface area contributed by atoms with Crippen LogP contribution in [0.2, 0.25) is 0 Å². The standard InChI is InChI=1S/C13H13N3O2/c1-8-4-10(7-15-6-8)16-9-2-3-11(13(17)18)12(14)5-9/h2-7,16H,14H2,1H3,(H,17,18). The third-order valence-corrected chi connectivity index (χ3v) is 2.45. The Hall–Kier alpha value is -2.56. The van der Waals surface area contributed by atoms with Crippen LogP contribution in [0.25, 0.3) is 0 Å². The third-order valence-electron chi connectivity index (χ3n) is 2.45. The van der Waals surface area contributed by atoms with Crippen molar-refractivity contribution in [2.75, 3.05) is 11.1 Å². The van der Waals surface area contributed by atoms with Crippen molar-refractivity contribution in [2.24, 2.45) is 0 Å². The molecule has 0 saturated carbocycles. The molecule has 2 aromatic rings. The molecule has 1 heterocycles. The Morgan fingerprint density at radius 2 is 2.06 bits per heavy atom. The minimum absolute atomic E-state index is 0.0999. The minimum atomic E-state index is -1.03. The molecule has 0 spiro atoms. The van der Waals surface area contributed by atoms with Gasteiger partial charge in [0.2, 0.25) is 0 Å². The molecule has 0 saturated heterocycles. The molecule has 2 rings (SSSR count). The number of hydrogen-bond acceptors (Lipinski definition) is 4. The molecule has 5 nitrogen and oxygen atoms in total. The van der Waals surface area contributed by atoms with Gasteiger partial charge >= 0.3 is 5.97 Å². The summed E-state index contributed by atoms with van der Waals surface area (Å²) in [5.74, 6) is -1.03. The fraction of sp³-hybridized carbons (Fsp3) is 0.0769. The van der Waals surface area contributed by atoms with Gasteiger partial charge in [0.05, 0.1) is 17.4 Å². The normalized spacial score (nSPS) is 10.1. The summed E-state index contributed by atoms with van der Waals surface area (Å²) in [4.78, 5) is 14.9. The lowest BCUT2D eigenvalue weighted by Gasteiger charge is -2.08. The number of pyridine rings is 1. The highest BCUT2D eigenvalue weighted by Crippen LogP contribution is 2.21. The summed E-state index contributed by atoms with van der Waals surface area (Å²) in [5, 5.41) is 12.0. The average molecular weight is 243 g/mol. The number of benzene rings is 1. The van der Waals surface area contributed by atoms with Crippen LogP contribution in [-0.4, -0.2) is 16.1 Å². The van der Waals surface area contributed by atoms with Gasteiger partial charge in [0.15, 0.2) is 0 Å². The predicted molar refractivity (Wildman–Crippen MR) is 70.1 cm³/mol. The zero-order valence-electron chi connectivity index (χ0n) is 9.84. The largest absolute Gasteiger partial charge is 0.478 e. The molecule has 18 heavy (non-hydrogen) atoms. The highest BCUT2D eigenvalue weighted by molar-refractivity contribution is 5.94. The van der Waals surface area contributed by atoms with Crippen molar-refractivity contribution >= 4 is 23.0 Å². The van der Waals surface area contributed by atoms with Crippen molar-refractivity contribution in [1.82, 2.24) is 4.98 Å². The number of aryl methyl sites for hydroxylation is 1. The maximum absolute atomic E-state index is 10.8. The second-order valence-corrected chi connectivity index (χ2v) is 3.98. The highest BCUT2D eigenvalue weighted by atomic mass is 16.4. The summed E-state index contributed by atoms with van der Waals surface area (Å²) in [6.45, 7) is 1.94. The van der Waals surface area contributed by atoms with Crippen molar-refractivity contribution < 1.29 is 9.90 Å². The van der Waals surface area contributed by atoms with Crippen LogP contribution < -0.4 is 11.1 Å². The first-order valence-electron chi connectivity index (χ1n) is 5.38. The fourth-order valence-corrected chi connectivity index (χ4v) is 1.63. The number of nitrogens with zero attached hydrogens (tertiary/aromatic N) is 1. The molecule has 1 aromatic heterocycles. The van der Waals surface area contributed by atoms with Gasteiger partial charge in [0, 0.05) is 17.6 Å². The topological polar surface area (TPSA) is 88.2 Å². The van der Waals surface area contributed by atoms with E-state index in [0.29, 0.717) is 0 Å². The van der Waals surface area contributed by atoms with E-state index in [1.54, 1.807) is 24.5 Å². The maximum Gasteiger partial charge on any atom is 0.337 e. The molecule has 0 amide bonds. The van der Waals surface area contributed by atoms with E-state index >= 15 is 0 Å². The zero-order chi connectivity index (χ0) is 13.1. The molecule has 4 N–H and O–H groups in total. The van der Waals surface area contributed by atoms with Gasteiger partial charge in [-0.3, -0.25) is 4.98 Å². The lowest BCUT2D eigenvalue weighted by molar-refractivity contribution is 0.0698. The number of carboxylic acid groups (broad SMARTS) is 1. The molecule has 0 unspecified atom stereocenters. The van der Waals surface area contributed by atoms with Crippen LogP contribution in [0.4, 0.5) is 17.1 Å². The van der Waals surface area contributed by atoms with E-state index in [1.165, 1.54) is 6.07 Å². The lowest BCUT2D eigenvalue weighted by Crippen LogP contribution is -2.03. The molecule has 5 heteroatoms. The van der Waals surface area contributed by atoms with E-state index in [4.69, 9.17) is 10.8 Å². The van der Waals surface area contributed by atoms with Crippen LogP contribution in [0.3, 0.4) is 0 Å². The molecular formula is C13H13N3O2. The Bertz CT molecular complexity index is 597. The molecule has 0 fully saturated rings. The fourth-order valence-electron chi connectivity index (χ4n) is 1.63. The van der Waals surface area contributed by atoms with Gasteiger partial charge in [0.1, 0.15) is 0 Å². The summed E-state index contributed by atoms with van der Waals surface area (Å²) >= 11 is 0. The van der Waals surface area contributed by atoms with E-state index in [1.807, 2.05) is 13.0 Å². The molecular weight excluding hydrogens is 230 g/mol. The summed E-state index contributed by atoms with van der Waals surface area (Å²) in [7, 11) is 0. The molecule has 0 radical (unpaired) electrons. The Labute approximate surface area is 104 Å². The monoisotopic (exact) mass is 243 g/mol. The summed E-state index contributed by atoms with van der Waals surface area (Å²) in [5.41, 5.74) is 8.59. The van der Waals surface area contributed by atoms with E-state index in [9.17, 15) is 4.79 Å². The molecule has 1 aromatic carbocycles. The van der Waals surface area contributed by atoms with Crippen LogP contribution in [0.1, 0.15) is 15.9 Å². The molecule has 0 bridgehead atoms. The van der Waals surface area contributed by atoms with Gasteiger partial charge < -0.3 is 16.2 Å². The van der Waals surface area contributed by atoms with Crippen LogP contribution in [0, 0.1) is 6.92 Å². The van der Waals surface area contributed by atoms with Crippen LogP contribution in [-0.2, 0) is 0 Å². The Morgan fingerprint density at radius 1 is 1.28 bits per heavy atom. The lowest BCUT2D eigenvalue weighted by atomic mass is 10.1.